The van der Waals surface area contributed by atoms with Crippen LogP contribution in [0.4, 0.5) is 0 Å². The molecule has 1 unspecified atom stereocenters. The lowest BCUT2D eigenvalue weighted by atomic mass is 10.1. The van der Waals surface area contributed by atoms with Crippen LogP contribution in [-0.4, -0.2) is 55.6 Å². The molecule has 1 saturated heterocycles. The van der Waals surface area contributed by atoms with Crippen LogP contribution in [0.1, 0.15) is 32.3 Å². The molecule has 5 heteroatoms. The highest BCUT2D eigenvalue weighted by Crippen LogP contribution is 2.32. The van der Waals surface area contributed by atoms with E-state index >= 15 is 0 Å². The molecule has 0 bridgehead atoms. The van der Waals surface area contributed by atoms with E-state index in [0.717, 1.165) is 43.1 Å². The average Bonchev–Trinajstić information content (AvgIpc) is 2.98. The second kappa shape index (κ2) is 7.99. The Morgan fingerprint density at radius 1 is 1.30 bits per heavy atom. The van der Waals surface area contributed by atoms with Gasteiger partial charge in [-0.2, -0.15) is 0 Å². The number of methoxy groups -OCH3 is 2. The Balaban J connectivity index is 2.15. The summed E-state index contributed by atoms with van der Waals surface area (Å²) < 4.78 is 16.7. The van der Waals surface area contributed by atoms with E-state index in [2.05, 4.69) is 4.90 Å². The minimum absolute atomic E-state index is 0.244. The Kier molecular flexibility index (Phi) is 6.27. The van der Waals surface area contributed by atoms with Crippen LogP contribution in [0, 0.1) is 0 Å². The first kappa shape index (κ1) is 18.0. The lowest BCUT2D eigenvalue weighted by Gasteiger charge is -2.31. The number of hydrogen-bond donors (Lipinski definition) is 1. The van der Waals surface area contributed by atoms with Crippen molar-refractivity contribution in [3.63, 3.8) is 0 Å². The number of para-hydroxylation sites is 1. The molecule has 0 amide bonds. The maximum atomic E-state index is 10.2. The van der Waals surface area contributed by atoms with Gasteiger partial charge >= 0.3 is 0 Å². The van der Waals surface area contributed by atoms with Crippen molar-refractivity contribution < 1.29 is 19.3 Å². The summed E-state index contributed by atoms with van der Waals surface area (Å²) in [6.07, 6.45) is 2.44. The summed E-state index contributed by atoms with van der Waals surface area (Å²) in [5.41, 5.74) is 0.291. The smallest absolute Gasteiger partial charge is 0.165 e. The minimum Gasteiger partial charge on any atom is -0.493 e. The van der Waals surface area contributed by atoms with Crippen LogP contribution in [0.3, 0.4) is 0 Å². The summed E-state index contributed by atoms with van der Waals surface area (Å²) >= 11 is 0. The summed E-state index contributed by atoms with van der Waals surface area (Å²) in [6, 6.07) is 5.89. The molecule has 0 aromatic heterocycles. The predicted molar refractivity (Wildman–Crippen MR) is 90.1 cm³/mol. The van der Waals surface area contributed by atoms with Crippen LogP contribution in [0.2, 0.25) is 0 Å². The number of aliphatic hydroxyl groups is 1. The van der Waals surface area contributed by atoms with Crippen LogP contribution in [0.15, 0.2) is 18.2 Å². The molecular weight excluding hydrogens is 294 g/mol. The molecule has 1 N–H and O–H groups in total. The van der Waals surface area contributed by atoms with Crippen LogP contribution in [0.5, 0.6) is 11.5 Å². The first-order valence-corrected chi connectivity index (χ1v) is 8.19. The molecule has 1 atom stereocenters. The third kappa shape index (κ3) is 5.37. The molecule has 0 saturated carbocycles. The Morgan fingerprint density at radius 3 is 2.65 bits per heavy atom. The normalized spacial score (nSPS) is 18.4. The summed E-state index contributed by atoms with van der Waals surface area (Å²) in [5, 5.41) is 10.2. The van der Waals surface area contributed by atoms with E-state index in [4.69, 9.17) is 14.2 Å². The zero-order valence-corrected chi connectivity index (χ0v) is 14.7. The Hall–Kier alpha value is -1.30. The van der Waals surface area contributed by atoms with Gasteiger partial charge in [0.25, 0.3) is 0 Å². The fraction of sp³-hybridized carbons (Fsp3) is 0.667. The molecule has 1 aliphatic heterocycles. The van der Waals surface area contributed by atoms with Crippen molar-refractivity contribution in [3.8, 4) is 11.5 Å². The van der Waals surface area contributed by atoms with Crippen LogP contribution in [0.25, 0.3) is 0 Å². The maximum Gasteiger partial charge on any atom is 0.165 e. The fourth-order valence-corrected chi connectivity index (χ4v) is 3.13. The van der Waals surface area contributed by atoms with Gasteiger partial charge in [-0.05, 0) is 32.8 Å². The number of rotatable bonds is 8. The molecule has 5 nitrogen and oxygen atoms in total. The van der Waals surface area contributed by atoms with Crippen molar-refractivity contribution in [3.05, 3.63) is 23.8 Å². The first-order valence-electron chi connectivity index (χ1n) is 8.19. The van der Waals surface area contributed by atoms with Crippen molar-refractivity contribution >= 4 is 0 Å². The fourth-order valence-electron chi connectivity index (χ4n) is 3.13. The van der Waals surface area contributed by atoms with Gasteiger partial charge in [0.05, 0.1) is 25.9 Å². The second-order valence-electron chi connectivity index (χ2n) is 6.77. The molecule has 1 aromatic rings. The molecule has 1 heterocycles. The standard InChI is InChI=1S/C18H29NO4/c1-18(2,20)13-19(12-15-8-6-10-23-15)11-14-7-5-9-16(21-3)17(14)22-4/h5,7,9,15,20H,6,8,10-13H2,1-4H3. The van der Waals surface area contributed by atoms with Crippen molar-refractivity contribution in [2.24, 2.45) is 0 Å². The van der Waals surface area contributed by atoms with Gasteiger partial charge in [-0.3, -0.25) is 4.90 Å². The summed E-state index contributed by atoms with van der Waals surface area (Å²) in [5.74, 6) is 1.48. The lowest BCUT2D eigenvalue weighted by Crippen LogP contribution is -2.41. The lowest BCUT2D eigenvalue weighted by molar-refractivity contribution is 0.00855. The van der Waals surface area contributed by atoms with E-state index in [9.17, 15) is 5.11 Å². The number of hydrogen-bond acceptors (Lipinski definition) is 5. The van der Waals surface area contributed by atoms with Crippen molar-refractivity contribution in [1.82, 2.24) is 4.90 Å². The first-order chi connectivity index (χ1) is 10.9. The Bertz CT molecular complexity index is 492. The average molecular weight is 323 g/mol. The third-order valence-electron chi connectivity index (χ3n) is 3.97. The number of nitrogens with zero attached hydrogens (tertiary/aromatic N) is 1. The van der Waals surface area contributed by atoms with Gasteiger partial charge < -0.3 is 19.3 Å². The van der Waals surface area contributed by atoms with Crippen LogP contribution < -0.4 is 9.47 Å². The van der Waals surface area contributed by atoms with E-state index in [1.165, 1.54) is 0 Å². The molecule has 1 aromatic carbocycles. The van der Waals surface area contributed by atoms with Gasteiger partial charge in [-0.15, -0.1) is 0 Å². The predicted octanol–water partition coefficient (Wildman–Crippen LogP) is 2.46. The minimum atomic E-state index is -0.759. The zero-order valence-electron chi connectivity index (χ0n) is 14.7. The monoisotopic (exact) mass is 323 g/mol. The zero-order chi connectivity index (χ0) is 16.9. The topological polar surface area (TPSA) is 51.2 Å². The highest BCUT2D eigenvalue weighted by atomic mass is 16.5. The molecule has 130 valence electrons. The quantitative estimate of drug-likeness (QED) is 0.796. The number of ether oxygens (including phenoxy) is 3. The third-order valence-corrected chi connectivity index (χ3v) is 3.97. The molecular formula is C18H29NO4. The van der Waals surface area contributed by atoms with Crippen LogP contribution >= 0.6 is 0 Å². The molecule has 1 fully saturated rings. The van der Waals surface area contributed by atoms with Gasteiger partial charge in [0.1, 0.15) is 0 Å². The van der Waals surface area contributed by atoms with Gasteiger partial charge in [0.2, 0.25) is 0 Å². The summed E-state index contributed by atoms with van der Waals surface area (Å²) in [6.45, 7) is 6.57. The summed E-state index contributed by atoms with van der Waals surface area (Å²) in [4.78, 5) is 2.23. The Labute approximate surface area is 139 Å². The van der Waals surface area contributed by atoms with Gasteiger partial charge in [0.15, 0.2) is 11.5 Å². The van der Waals surface area contributed by atoms with Crippen molar-refractivity contribution in [1.29, 1.82) is 0 Å². The molecule has 2 rings (SSSR count). The Morgan fingerprint density at radius 2 is 2.09 bits per heavy atom. The van der Waals surface area contributed by atoms with Crippen LogP contribution in [-0.2, 0) is 11.3 Å². The van der Waals surface area contributed by atoms with E-state index in [1.54, 1.807) is 14.2 Å². The number of benzene rings is 1. The maximum absolute atomic E-state index is 10.2. The molecule has 1 aliphatic rings. The van der Waals surface area contributed by atoms with Gasteiger partial charge in [0, 0.05) is 31.8 Å². The second-order valence-corrected chi connectivity index (χ2v) is 6.77. The largest absolute Gasteiger partial charge is 0.493 e. The molecule has 0 spiro atoms. The van der Waals surface area contributed by atoms with E-state index in [-0.39, 0.29) is 6.10 Å². The highest BCUT2D eigenvalue weighted by Gasteiger charge is 2.25. The highest BCUT2D eigenvalue weighted by molar-refractivity contribution is 5.46. The summed E-state index contributed by atoms with van der Waals surface area (Å²) in [7, 11) is 3.30. The van der Waals surface area contributed by atoms with E-state index < -0.39 is 5.60 Å². The van der Waals surface area contributed by atoms with Gasteiger partial charge in [-0.1, -0.05) is 12.1 Å². The van der Waals surface area contributed by atoms with E-state index in [1.807, 2.05) is 32.0 Å². The van der Waals surface area contributed by atoms with Crippen molar-refractivity contribution in [2.45, 2.75) is 44.9 Å². The molecule has 0 aliphatic carbocycles. The molecule has 0 radical (unpaired) electrons. The molecule has 23 heavy (non-hydrogen) atoms. The van der Waals surface area contributed by atoms with Crippen molar-refractivity contribution in [2.75, 3.05) is 33.9 Å². The SMILES string of the molecule is COc1cccc(CN(CC2CCCO2)CC(C)(C)O)c1OC. The van der Waals surface area contributed by atoms with Gasteiger partial charge in [-0.25, -0.2) is 0 Å². The van der Waals surface area contributed by atoms with E-state index in [0.29, 0.717) is 13.1 Å².